The van der Waals surface area contributed by atoms with Gasteiger partial charge in [0.25, 0.3) is 5.82 Å². The third kappa shape index (κ3) is 5.26. The van der Waals surface area contributed by atoms with Crippen LogP contribution in [0, 0.1) is 0 Å². The average molecular weight is 494 g/mol. The molecule has 180 valence electrons. The maximum atomic E-state index is 11.0. The van der Waals surface area contributed by atoms with Crippen LogP contribution >= 0.6 is 7.82 Å². The van der Waals surface area contributed by atoms with Gasteiger partial charge in [0.1, 0.15) is 11.4 Å². The molecule has 0 amide bonds. The normalized spacial score (nSPS) is 15.7. The van der Waals surface area contributed by atoms with Crippen molar-refractivity contribution in [2.75, 3.05) is 17.2 Å². The van der Waals surface area contributed by atoms with Gasteiger partial charge in [0.2, 0.25) is 6.73 Å². The van der Waals surface area contributed by atoms with Crippen LogP contribution in [0.25, 0.3) is 11.3 Å². The molecule has 1 unspecified atom stereocenters. The zero-order chi connectivity index (χ0) is 24.4. The van der Waals surface area contributed by atoms with Gasteiger partial charge in [-0.25, -0.2) is 18.6 Å². The number of nitrogen functional groups attached to an aromatic ring is 1. The van der Waals surface area contributed by atoms with Gasteiger partial charge in [-0.15, -0.1) is 0 Å². The van der Waals surface area contributed by atoms with Crippen LogP contribution in [-0.4, -0.2) is 26.5 Å². The largest absolute Gasteiger partial charge is 0.472 e. The molecular formula is C24H25N5O5P+. The van der Waals surface area contributed by atoms with Gasteiger partial charge >= 0.3 is 7.82 Å². The van der Waals surface area contributed by atoms with E-state index in [1.165, 1.54) is 10.1 Å². The Morgan fingerprint density at radius 1 is 1.17 bits per heavy atom. The van der Waals surface area contributed by atoms with Crippen LogP contribution in [-0.2, 0) is 22.2 Å². The molecule has 10 nitrogen and oxygen atoms in total. The summed E-state index contributed by atoms with van der Waals surface area (Å²) in [5.41, 5.74) is 9.70. The Balaban J connectivity index is 1.26. The number of benzene rings is 1. The van der Waals surface area contributed by atoms with Gasteiger partial charge in [0, 0.05) is 25.2 Å². The molecule has 1 fully saturated rings. The Hall–Kier alpha value is -3.56. The van der Waals surface area contributed by atoms with E-state index in [0.29, 0.717) is 29.5 Å². The minimum absolute atomic E-state index is 0.234. The minimum Gasteiger partial charge on any atom is -0.356 e. The number of anilines is 2. The van der Waals surface area contributed by atoms with Gasteiger partial charge in [-0.1, -0.05) is 41.6 Å². The number of phosphoric acid groups is 1. The van der Waals surface area contributed by atoms with Crippen molar-refractivity contribution in [2.24, 2.45) is 0 Å². The highest BCUT2D eigenvalue weighted by atomic mass is 31.2. The Labute approximate surface area is 201 Å². The zero-order valence-electron chi connectivity index (χ0n) is 18.8. The predicted molar refractivity (Wildman–Crippen MR) is 128 cm³/mol. The topological polar surface area (TPSA) is 139 Å². The minimum atomic E-state index is -4.62. The summed E-state index contributed by atoms with van der Waals surface area (Å²) in [5, 5.41) is 4.15. The molecule has 1 saturated heterocycles. The van der Waals surface area contributed by atoms with Gasteiger partial charge in [0.05, 0.1) is 17.9 Å². The van der Waals surface area contributed by atoms with Crippen molar-refractivity contribution in [1.82, 2.24) is 10.1 Å². The van der Waals surface area contributed by atoms with Crippen LogP contribution in [0.15, 0.2) is 77.6 Å². The quantitative estimate of drug-likeness (QED) is 0.249. The lowest BCUT2D eigenvalue weighted by Gasteiger charge is -2.42. The van der Waals surface area contributed by atoms with Crippen LogP contribution < -0.4 is 15.2 Å². The van der Waals surface area contributed by atoms with Gasteiger partial charge < -0.3 is 19.2 Å². The summed E-state index contributed by atoms with van der Waals surface area (Å²) in [6.45, 7) is 0.585. The number of hydrogen-bond donors (Lipinski definition) is 3. The molecule has 4 heterocycles. The van der Waals surface area contributed by atoms with Crippen LogP contribution in [0.4, 0.5) is 11.6 Å². The average Bonchev–Trinajstić information content (AvgIpc) is 3.27. The molecule has 1 aromatic carbocycles. The third-order valence-electron chi connectivity index (χ3n) is 6.00. The standard InChI is InChI=1S/C24H24N5O5P/c25-24-20(7-4-11-28(24)16-33-35(30,31)32)22-14-19(27-34-22)13-17-8-9-23(26-15-17)29-12-10-21(29)18-5-2-1-3-6-18/h1-9,11,14-15,21,25H,10,12-13,16H2,(H2,30,31,32)/p+1. The maximum absolute atomic E-state index is 11.0. The van der Waals surface area contributed by atoms with Gasteiger partial charge in [-0.2, -0.15) is 0 Å². The summed E-state index contributed by atoms with van der Waals surface area (Å²) in [6.07, 6.45) is 5.06. The van der Waals surface area contributed by atoms with Crippen LogP contribution in [0.5, 0.6) is 0 Å². The molecule has 11 heteroatoms. The van der Waals surface area contributed by atoms with Crippen molar-refractivity contribution < 1.29 is 28.0 Å². The van der Waals surface area contributed by atoms with Crippen LogP contribution in [0.2, 0.25) is 0 Å². The van der Waals surface area contributed by atoms with E-state index in [1.54, 1.807) is 24.4 Å². The van der Waals surface area contributed by atoms with Crippen LogP contribution in [0.1, 0.15) is 29.3 Å². The summed E-state index contributed by atoms with van der Waals surface area (Å²) < 4.78 is 22.4. The number of pyridine rings is 2. The Kier molecular flexibility index (Phi) is 6.36. The van der Waals surface area contributed by atoms with Crippen molar-refractivity contribution in [3.63, 3.8) is 0 Å². The van der Waals surface area contributed by atoms with Crippen molar-refractivity contribution in [3.05, 3.63) is 89.9 Å². The lowest BCUT2D eigenvalue weighted by Crippen LogP contribution is -2.41. The summed E-state index contributed by atoms with van der Waals surface area (Å²) >= 11 is 0. The van der Waals surface area contributed by atoms with Gasteiger partial charge in [-0.05, 0) is 35.7 Å². The molecule has 5 rings (SSSR count). The summed E-state index contributed by atoms with van der Waals surface area (Å²) in [5.74, 6) is 1.63. The van der Waals surface area contributed by atoms with Crippen molar-refractivity contribution in [1.29, 1.82) is 0 Å². The number of rotatable bonds is 8. The van der Waals surface area contributed by atoms with E-state index >= 15 is 0 Å². The second-order valence-electron chi connectivity index (χ2n) is 8.32. The number of phosphoric ester groups is 1. The van der Waals surface area contributed by atoms with E-state index in [2.05, 4.69) is 43.8 Å². The molecule has 4 N–H and O–H groups in total. The van der Waals surface area contributed by atoms with E-state index in [0.717, 1.165) is 24.3 Å². The smallest absolute Gasteiger partial charge is 0.356 e. The molecule has 0 aliphatic carbocycles. The molecule has 0 spiro atoms. The molecule has 0 saturated carbocycles. The molecule has 0 radical (unpaired) electrons. The summed E-state index contributed by atoms with van der Waals surface area (Å²) in [6, 6.07) is 20.1. The predicted octanol–water partition coefficient (Wildman–Crippen LogP) is 3.22. The molecule has 1 aliphatic heterocycles. The van der Waals surface area contributed by atoms with E-state index < -0.39 is 14.6 Å². The summed E-state index contributed by atoms with van der Waals surface area (Å²) in [7, 11) is -4.62. The third-order valence-corrected chi connectivity index (χ3v) is 6.45. The highest BCUT2D eigenvalue weighted by molar-refractivity contribution is 7.46. The molecule has 1 atom stereocenters. The second-order valence-corrected chi connectivity index (χ2v) is 9.56. The SMILES string of the molecule is Nc1c(-c2cc(Cc3ccc(N4CCC4c4ccccc4)nc3)no2)ccc[n+]1COP(=O)(O)O. The number of aromatic nitrogens is 3. The first-order valence-corrected chi connectivity index (χ1v) is 12.6. The Morgan fingerprint density at radius 2 is 2.00 bits per heavy atom. The van der Waals surface area contributed by atoms with Crippen LogP contribution in [0.3, 0.4) is 0 Å². The maximum Gasteiger partial charge on any atom is 0.472 e. The molecular weight excluding hydrogens is 469 g/mol. The zero-order valence-corrected chi connectivity index (χ0v) is 19.7. The van der Waals surface area contributed by atoms with Crippen molar-refractivity contribution in [2.45, 2.75) is 25.6 Å². The van der Waals surface area contributed by atoms with Gasteiger partial charge in [-0.3, -0.25) is 5.73 Å². The Bertz CT molecular complexity index is 1360. The first-order chi connectivity index (χ1) is 16.9. The molecule has 0 bridgehead atoms. The first kappa shape index (κ1) is 23.2. The fraction of sp³-hybridized carbons (Fsp3) is 0.208. The van der Waals surface area contributed by atoms with Gasteiger partial charge in [0.15, 0.2) is 5.76 Å². The fourth-order valence-electron chi connectivity index (χ4n) is 4.13. The monoisotopic (exact) mass is 494 g/mol. The highest BCUT2D eigenvalue weighted by Crippen LogP contribution is 2.37. The Morgan fingerprint density at radius 3 is 2.69 bits per heavy atom. The van der Waals surface area contributed by atoms with Crippen molar-refractivity contribution in [3.8, 4) is 11.3 Å². The molecule has 4 aromatic rings. The highest BCUT2D eigenvalue weighted by Gasteiger charge is 2.30. The number of nitrogens with two attached hydrogens (primary N) is 1. The number of nitrogens with zero attached hydrogens (tertiary/aromatic N) is 4. The lowest BCUT2D eigenvalue weighted by atomic mass is 9.95. The van der Waals surface area contributed by atoms with Crippen molar-refractivity contribution >= 4 is 19.5 Å². The van der Waals surface area contributed by atoms with E-state index in [9.17, 15) is 4.57 Å². The van der Waals surface area contributed by atoms with E-state index in [-0.39, 0.29) is 5.82 Å². The molecule has 1 aliphatic rings. The van der Waals surface area contributed by atoms with E-state index in [4.69, 9.17) is 20.0 Å². The second kappa shape index (κ2) is 9.59. The summed E-state index contributed by atoms with van der Waals surface area (Å²) in [4.78, 5) is 24.8. The molecule has 35 heavy (non-hydrogen) atoms. The van der Waals surface area contributed by atoms with E-state index in [1.807, 2.05) is 24.4 Å². The number of hydrogen-bond acceptors (Lipinski definition) is 7. The first-order valence-electron chi connectivity index (χ1n) is 11.1. The molecule has 3 aromatic heterocycles. The lowest BCUT2D eigenvalue weighted by molar-refractivity contribution is -0.711. The fourth-order valence-corrected chi connectivity index (χ4v) is 4.40.